The molecule has 2 aliphatic heterocycles. The van der Waals surface area contributed by atoms with Gasteiger partial charge in [-0.1, -0.05) is 0 Å². The Balaban J connectivity index is 1.83. The Kier molecular flexibility index (Phi) is 3.42. The zero-order chi connectivity index (χ0) is 12.6. The van der Waals surface area contributed by atoms with Crippen molar-refractivity contribution in [1.82, 2.24) is 9.80 Å². The number of carbonyl (C=O) groups is 1. The van der Waals surface area contributed by atoms with Gasteiger partial charge < -0.3 is 10.6 Å². The summed E-state index contributed by atoms with van der Waals surface area (Å²) < 4.78 is 22.7. The lowest BCUT2D eigenvalue weighted by atomic mass is 10.1. The fourth-order valence-corrected chi connectivity index (χ4v) is 4.10. The minimum absolute atomic E-state index is 0.0148. The molecule has 98 valence electrons. The molecule has 2 aliphatic rings. The minimum Gasteiger partial charge on any atom is -0.341 e. The van der Waals surface area contributed by atoms with Crippen molar-refractivity contribution < 1.29 is 13.2 Å². The van der Waals surface area contributed by atoms with Crippen LogP contribution >= 0.6 is 0 Å². The second kappa shape index (κ2) is 4.55. The average molecular weight is 261 g/mol. The molecule has 2 N–H and O–H groups in total. The van der Waals surface area contributed by atoms with Gasteiger partial charge >= 0.3 is 0 Å². The number of nitrogens with zero attached hydrogens (tertiary/aromatic N) is 2. The first-order chi connectivity index (χ1) is 7.87. The summed E-state index contributed by atoms with van der Waals surface area (Å²) in [6, 6.07) is 0.0300. The van der Waals surface area contributed by atoms with E-state index in [9.17, 15) is 13.2 Å². The van der Waals surface area contributed by atoms with Crippen LogP contribution in [0.3, 0.4) is 0 Å². The first-order valence-corrected chi connectivity index (χ1v) is 7.63. The highest BCUT2D eigenvalue weighted by molar-refractivity contribution is 7.91. The van der Waals surface area contributed by atoms with Crippen LogP contribution in [-0.2, 0) is 14.6 Å². The number of amides is 1. The van der Waals surface area contributed by atoms with Crippen molar-refractivity contribution >= 4 is 15.7 Å². The minimum atomic E-state index is -2.93. The van der Waals surface area contributed by atoms with Gasteiger partial charge in [0.05, 0.1) is 18.1 Å². The third-order valence-corrected chi connectivity index (χ3v) is 5.24. The summed E-state index contributed by atoms with van der Waals surface area (Å²) in [6.45, 7) is 1.85. The van der Waals surface area contributed by atoms with Crippen LogP contribution in [0.5, 0.6) is 0 Å². The first-order valence-electron chi connectivity index (χ1n) is 5.81. The van der Waals surface area contributed by atoms with Crippen LogP contribution in [0.15, 0.2) is 0 Å². The number of rotatable bonds is 3. The van der Waals surface area contributed by atoms with Crippen LogP contribution in [0, 0.1) is 0 Å². The van der Waals surface area contributed by atoms with Crippen LogP contribution < -0.4 is 5.73 Å². The third kappa shape index (κ3) is 2.97. The molecule has 0 aliphatic carbocycles. The molecule has 0 saturated carbocycles. The van der Waals surface area contributed by atoms with Crippen molar-refractivity contribution in [2.45, 2.75) is 18.5 Å². The highest BCUT2D eigenvalue weighted by Crippen LogP contribution is 2.17. The van der Waals surface area contributed by atoms with E-state index in [4.69, 9.17) is 5.73 Å². The van der Waals surface area contributed by atoms with Crippen molar-refractivity contribution in [3.63, 3.8) is 0 Å². The molecule has 6 nitrogen and oxygen atoms in total. The molecule has 2 heterocycles. The maximum Gasteiger partial charge on any atom is 0.236 e. The summed E-state index contributed by atoms with van der Waals surface area (Å²) in [5, 5.41) is 0. The Hall–Kier alpha value is -0.660. The Morgan fingerprint density at radius 1 is 1.47 bits per heavy atom. The smallest absolute Gasteiger partial charge is 0.236 e. The van der Waals surface area contributed by atoms with Gasteiger partial charge in [0.1, 0.15) is 0 Å². The summed E-state index contributed by atoms with van der Waals surface area (Å²) in [7, 11) is -1.24. The van der Waals surface area contributed by atoms with Crippen LogP contribution in [0.4, 0.5) is 0 Å². The van der Waals surface area contributed by atoms with Gasteiger partial charge in [-0.2, -0.15) is 0 Å². The summed E-state index contributed by atoms with van der Waals surface area (Å²) in [6.07, 6.45) is 0.560. The zero-order valence-corrected chi connectivity index (χ0v) is 10.8. The number of likely N-dealkylation sites (tertiary alicyclic amines) is 1. The molecule has 0 spiro atoms. The standard InChI is InChI=1S/C10H19N3O3S/c1-12(9-2-3-17(15,16)7-9)10(14)6-13-4-8(11)5-13/h8-9H,2-7,11H2,1H3. The van der Waals surface area contributed by atoms with E-state index < -0.39 is 9.84 Å². The SMILES string of the molecule is CN(C(=O)CN1CC(N)C1)C1CCS(=O)(=O)C1. The summed E-state index contributed by atoms with van der Waals surface area (Å²) in [5.74, 6) is 0.289. The van der Waals surface area contributed by atoms with Gasteiger partial charge in [0.2, 0.25) is 5.91 Å². The molecule has 0 radical (unpaired) electrons. The topological polar surface area (TPSA) is 83.7 Å². The average Bonchev–Trinajstić information content (AvgIpc) is 2.55. The molecular formula is C10H19N3O3S. The Labute approximate surface area is 102 Å². The number of hydrogen-bond donors (Lipinski definition) is 1. The predicted molar refractivity (Wildman–Crippen MR) is 64.2 cm³/mol. The van der Waals surface area contributed by atoms with Gasteiger partial charge in [-0.05, 0) is 6.42 Å². The van der Waals surface area contributed by atoms with Crippen LogP contribution in [-0.4, -0.2) is 74.4 Å². The lowest BCUT2D eigenvalue weighted by Gasteiger charge is -2.37. The van der Waals surface area contributed by atoms with E-state index in [0.29, 0.717) is 13.0 Å². The van der Waals surface area contributed by atoms with Crippen molar-refractivity contribution in [1.29, 1.82) is 0 Å². The Bertz CT molecular complexity index is 403. The van der Waals surface area contributed by atoms with Crippen molar-refractivity contribution in [2.24, 2.45) is 5.73 Å². The third-order valence-electron chi connectivity index (χ3n) is 3.49. The molecule has 17 heavy (non-hydrogen) atoms. The molecule has 0 aromatic heterocycles. The molecule has 1 amide bonds. The number of hydrogen-bond acceptors (Lipinski definition) is 5. The molecule has 1 unspecified atom stereocenters. The molecule has 7 heteroatoms. The van der Waals surface area contributed by atoms with Crippen LogP contribution in [0.2, 0.25) is 0 Å². The molecule has 1 atom stereocenters. The number of likely N-dealkylation sites (N-methyl/N-ethyl adjacent to an activating group) is 1. The van der Waals surface area contributed by atoms with E-state index in [1.807, 2.05) is 4.90 Å². The van der Waals surface area contributed by atoms with E-state index >= 15 is 0 Å². The second-order valence-electron chi connectivity index (χ2n) is 5.02. The molecular weight excluding hydrogens is 242 g/mol. The van der Waals surface area contributed by atoms with Gasteiger partial charge in [0, 0.05) is 32.2 Å². The molecule has 2 saturated heterocycles. The molecule has 2 fully saturated rings. The van der Waals surface area contributed by atoms with Gasteiger partial charge in [0.15, 0.2) is 9.84 Å². The van der Waals surface area contributed by atoms with E-state index in [1.54, 1.807) is 11.9 Å². The van der Waals surface area contributed by atoms with E-state index in [-0.39, 0.29) is 29.5 Å². The quantitative estimate of drug-likeness (QED) is 0.653. The second-order valence-corrected chi connectivity index (χ2v) is 7.24. The largest absolute Gasteiger partial charge is 0.341 e. The van der Waals surface area contributed by atoms with Crippen molar-refractivity contribution in [3.05, 3.63) is 0 Å². The molecule has 0 aromatic carbocycles. The lowest BCUT2D eigenvalue weighted by molar-refractivity contribution is -0.133. The zero-order valence-electron chi connectivity index (χ0n) is 10.0. The van der Waals surface area contributed by atoms with E-state index in [1.165, 1.54) is 0 Å². The van der Waals surface area contributed by atoms with Crippen molar-refractivity contribution in [2.75, 3.05) is 38.2 Å². The highest BCUT2D eigenvalue weighted by atomic mass is 32.2. The van der Waals surface area contributed by atoms with Gasteiger partial charge in [-0.15, -0.1) is 0 Å². The lowest BCUT2D eigenvalue weighted by Crippen LogP contribution is -2.58. The summed E-state index contributed by atoms with van der Waals surface area (Å²) in [4.78, 5) is 15.5. The number of carbonyl (C=O) groups excluding carboxylic acids is 1. The van der Waals surface area contributed by atoms with E-state index in [0.717, 1.165) is 13.1 Å². The predicted octanol–water partition coefficient (Wildman–Crippen LogP) is -1.73. The Morgan fingerprint density at radius 3 is 2.59 bits per heavy atom. The highest BCUT2D eigenvalue weighted by Gasteiger charge is 2.34. The maximum atomic E-state index is 11.9. The van der Waals surface area contributed by atoms with Gasteiger partial charge in [-0.25, -0.2) is 8.42 Å². The molecule has 0 bridgehead atoms. The van der Waals surface area contributed by atoms with Crippen LogP contribution in [0.1, 0.15) is 6.42 Å². The van der Waals surface area contributed by atoms with E-state index in [2.05, 4.69) is 0 Å². The number of sulfone groups is 1. The van der Waals surface area contributed by atoms with Crippen molar-refractivity contribution in [3.8, 4) is 0 Å². The van der Waals surface area contributed by atoms with Gasteiger partial charge in [-0.3, -0.25) is 9.69 Å². The molecule has 0 aromatic rings. The fraction of sp³-hybridized carbons (Fsp3) is 0.900. The maximum absolute atomic E-state index is 11.9. The number of nitrogens with two attached hydrogens (primary N) is 1. The fourth-order valence-electron chi connectivity index (χ4n) is 2.33. The Morgan fingerprint density at radius 2 is 2.12 bits per heavy atom. The monoisotopic (exact) mass is 261 g/mol. The first kappa shape index (κ1) is 12.8. The molecule has 2 rings (SSSR count). The summed E-state index contributed by atoms with van der Waals surface area (Å²) >= 11 is 0. The van der Waals surface area contributed by atoms with Crippen LogP contribution in [0.25, 0.3) is 0 Å². The van der Waals surface area contributed by atoms with Gasteiger partial charge in [0.25, 0.3) is 0 Å². The normalized spacial score (nSPS) is 28.9. The summed E-state index contributed by atoms with van der Waals surface area (Å²) in [5.41, 5.74) is 5.63.